The SMILES string of the molecule is COC[C@@H](C)Oc1ccc(NC(=O)C2(c3cccc(C)c3)CCOCC2)cc1Cl. The summed E-state index contributed by atoms with van der Waals surface area (Å²) < 4.78 is 16.4. The molecular formula is C23H28ClNO4. The summed E-state index contributed by atoms with van der Waals surface area (Å²) in [5.41, 5.74) is 2.19. The second kappa shape index (κ2) is 9.61. The van der Waals surface area contributed by atoms with E-state index in [1.54, 1.807) is 19.2 Å². The van der Waals surface area contributed by atoms with E-state index >= 15 is 0 Å². The number of carbonyl (C=O) groups is 1. The van der Waals surface area contributed by atoms with Gasteiger partial charge in [0, 0.05) is 26.0 Å². The molecule has 1 aliphatic heterocycles. The molecule has 1 saturated heterocycles. The third kappa shape index (κ3) is 5.10. The number of methoxy groups -OCH3 is 1. The lowest BCUT2D eigenvalue weighted by Crippen LogP contribution is -2.44. The Bertz CT molecular complexity index is 849. The van der Waals surface area contributed by atoms with Crippen molar-refractivity contribution in [2.24, 2.45) is 0 Å². The van der Waals surface area contributed by atoms with Crippen molar-refractivity contribution in [3.63, 3.8) is 0 Å². The summed E-state index contributed by atoms with van der Waals surface area (Å²) >= 11 is 6.38. The maximum atomic E-state index is 13.4. The van der Waals surface area contributed by atoms with Gasteiger partial charge >= 0.3 is 0 Å². The van der Waals surface area contributed by atoms with E-state index in [-0.39, 0.29) is 12.0 Å². The summed E-state index contributed by atoms with van der Waals surface area (Å²) in [6.07, 6.45) is 1.17. The minimum absolute atomic E-state index is 0.0381. The molecular weight excluding hydrogens is 390 g/mol. The number of halogens is 1. The van der Waals surface area contributed by atoms with Gasteiger partial charge in [-0.05, 0) is 50.5 Å². The summed E-state index contributed by atoms with van der Waals surface area (Å²) in [5, 5.41) is 3.50. The van der Waals surface area contributed by atoms with Gasteiger partial charge in [0.25, 0.3) is 0 Å². The van der Waals surface area contributed by atoms with Gasteiger partial charge in [-0.15, -0.1) is 0 Å². The zero-order chi connectivity index (χ0) is 20.9. The molecule has 6 heteroatoms. The number of amides is 1. The van der Waals surface area contributed by atoms with Crippen LogP contribution in [-0.2, 0) is 19.7 Å². The molecule has 1 aliphatic rings. The molecule has 29 heavy (non-hydrogen) atoms. The van der Waals surface area contributed by atoms with Gasteiger partial charge in [0.1, 0.15) is 11.9 Å². The zero-order valence-electron chi connectivity index (χ0n) is 17.2. The lowest BCUT2D eigenvalue weighted by molar-refractivity contribution is -0.125. The van der Waals surface area contributed by atoms with E-state index < -0.39 is 5.41 Å². The molecule has 156 valence electrons. The van der Waals surface area contributed by atoms with Crippen LogP contribution < -0.4 is 10.1 Å². The third-order valence-corrected chi connectivity index (χ3v) is 5.57. The lowest BCUT2D eigenvalue weighted by atomic mass is 9.73. The minimum atomic E-state index is -0.612. The highest BCUT2D eigenvalue weighted by Crippen LogP contribution is 2.37. The Morgan fingerprint density at radius 3 is 2.66 bits per heavy atom. The first-order chi connectivity index (χ1) is 13.9. The van der Waals surface area contributed by atoms with Gasteiger partial charge in [0.15, 0.2) is 0 Å². The Labute approximate surface area is 177 Å². The molecule has 0 spiro atoms. The van der Waals surface area contributed by atoms with Crippen LogP contribution in [0.5, 0.6) is 5.75 Å². The maximum absolute atomic E-state index is 13.4. The number of carbonyl (C=O) groups excluding carboxylic acids is 1. The van der Waals surface area contributed by atoms with Crippen molar-refractivity contribution in [2.45, 2.75) is 38.2 Å². The van der Waals surface area contributed by atoms with Crippen LogP contribution in [0.2, 0.25) is 5.02 Å². The van der Waals surface area contributed by atoms with Crippen LogP contribution in [0.15, 0.2) is 42.5 Å². The van der Waals surface area contributed by atoms with Crippen LogP contribution in [0, 0.1) is 6.92 Å². The predicted octanol–water partition coefficient (Wildman–Crippen LogP) is 4.75. The first-order valence-corrected chi connectivity index (χ1v) is 10.2. The van der Waals surface area contributed by atoms with Crippen LogP contribution >= 0.6 is 11.6 Å². The topological polar surface area (TPSA) is 56.8 Å². The number of nitrogens with one attached hydrogen (secondary N) is 1. The van der Waals surface area contributed by atoms with Crippen LogP contribution in [0.1, 0.15) is 30.9 Å². The fourth-order valence-electron chi connectivity index (χ4n) is 3.72. The summed E-state index contributed by atoms with van der Waals surface area (Å²) in [5.74, 6) is 0.526. The normalized spacial score (nSPS) is 16.8. The number of benzene rings is 2. The number of rotatable bonds is 7. The fraction of sp³-hybridized carbons (Fsp3) is 0.435. The average molecular weight is 418 g/mol. The van der Waals surface area contributed by atoms with E-state index in [1.165, 1.54) is 0 Å². The second-order valence-corrected chi connectivity index (χ2v) is 7.95. The number of anilines is 1. The second-order valence-electron chi connectivity index (χ2n) is 7.55. The number of ether oxygens (including phenoxy) is 3. The Morgan fingerprint density at radius 1 is 1.24 bits per heavy atom. The summed E-state index contributed by atoms with van der Waals surface area (Å²) in [6.45, 7) is 5.54. The van der Waals surface area contributed by atoms with Crippen molar-refractivity contribution < 1.29 is 19.0 Å². The molecule has 0 radical (unpaired) electrons. The Balaban J connectivity index is 1.80. The van der Waals surface area contributed by atoms with E-state index in [0.717, 1.165) is 11.1 Å². The minimum Gasteiger partial charge on any atom is -0.487 e. The highest BCUT2D eigenvalue weighted by Gasteiger charge is 2.41. The van der Waals surface area contributed by atoms with E-state index in [1.807, 2.05) is 38.1 Å². The molecule has 0 saturated carbocycles. The molecule has 1 fully saturated rings. The molecule has 1 atom stereocenters. The van der Waals surface area contributed by atoms with Gasteiger partial charge in [-0.25, -0.2) is 0 Å². The molecule has 1 heterocycles. The molecule has 2 aromatic rings. The Hall–Kier alpha value is -2.08. The Kier molecular flexibility index (Phi) is 7.17. The monoisotopic (exact) mass is 417 g/mol. The van der Waals surface area contributed by atoms with Crippen molar-refractivity contribution in [3.8, 4) is 5.75 Å². The van der Waals surface area contributed by atoms with Crippen molar-refractivity contribution in [1.82, 2.24) is 0 Å². The number of hydrogen-bond donors (Lipinski definition) is 1. The van der Waals surface area contributed by atoms with Crippen molar-refractivity contribution >= 4 is 23.2 Å². The zero-order valence-corrected chi connectivity index (χ0v) is 17.9. The highest BCUT2D eigenvalue weighted by atomic mass is 35.5. The first kappa shape index (κ1) is 21.6. The summed E-state index contributed by atoms with van der Waals surface area (Å²) in [7, 11) is 1.63. The summed E-state index contributed by atoms with van der Waals surface area (Å²) in [4.78, 5) is 13.4. The molecule has 1 amide bonds. The molecule has 3 rings (SSSR count). The van der Waals surface area contributed by atoms with E-state index in [9.17, 15) is 4.79 Å². The van der Waals surface area contributed by atoms with Gasteiger partial charge in [0.2, 0.25) is 5.91 Å². The molecule has 1 N–H and O–H groups in total. The van der Waals surface area contributed by atoms with E-state index in [0.29, 0.717) is 49.1 Å². The molecule has 2 aromatic carbocycles. The van der Waals surface area contributed by atoms with Gasteiger partial charge < -0.3 is 19.5 Å². The van der Waals surface area contributed by atoms with Gasteiger partial charge in [-0.1, -0.05) is 41.4 Å². The van der Waals surface area contributed by atoms with Crippen molar-refractivity contribution in [3.05, 3.63) is 58.6 Å². The molecule has 0 unspecified atom stereocenters. The summed E-state index contributed by atoms with van der Waals surface area (Å²) in [6, 6.07) is 13.5. The third-order valence-electron chi connectivity index (χ3n) is 5.27. The maximum Gasteiger partial charge on any atom is 0.235 e. The Morgan fingerprint density at radius 2 is 2.00 bits per heavy atom. The van der Waals surface area contributed by atoms with Gasteiger partial charge in [-0.2, -0.15) is 0 Å². The van der Waals surface area contributed by atoms with E-state index in [2.05, 4.69) is 11.4 Å². The van der Waals surface area contributed by atoms with Crippen molar-refractivity contribution in [1.29, 1.82) is 0 Å². The van der Waals surface area contributed by atoms with Crippen LogP contribution in [0.25, 0.3) is 0 Å². The highest BCUT2D eigenvalue weighted by molar-refractivity contribution is 6.32. The van der Waals surface area contributed by atoms with E-state index in [4.69, 9.17) is 25.8 Å². The van der Waals surface area contributed by atoms with Gasteiger partial charge in [0.05, 0.1) is 17.0 Å². The standard InChI is InChI=1S/C23H28ClNO4/c1-16-5-4-6-18(13-16)23(9-11-28-12-10-23)22(26)25-19-7-8-21(20(24)14-19)29-17(2)15-27-3/h4-8,13-14,17H,9-12,15H2,1-3H3,(H,25,26)/t17-/m1/s1. The van der Waals surface area contributed by atoms with Gasteiger partial charge in [-0.3, -0.25) is 4.79 Å². The quantitative estimate of drug-likeness (QED) is 0.706. The largest absolute Gasteiger partial charge is 0.487 e. The lowest BCUT2D eigenvalue weighted by Gasteiger charge is -2.36. The predicted molar refractivity (Wildman–Crippen MR) is 115 cm³/mol. The first-order valence-electron chi connectivity index (χ1n) is 9.86. The number of hydrogen-bond acceptors (Lipinski definition) is 4. The molecule has 0 aromatic heterocycles. The molecule has 0 aliphatic carbocycles. The number of aryl methyl sites for hydroxylation is 1. The molecule has 0 bridgehead atoms. The van der Waals surface area contributed by atoms with Crippen LogP contribution in [-0.4, -0.2) is 38.9 Å². The van der Waals surface area contributed by atoms with Crippen LogP contribution in [0.4, 0.5) is 5.69 Å². The van der Waals surface area contributed by atoms with Crippen molar-refractivity contribution in [2.75, 3.05) is 32.2 Å². The molecule has 5 nitrogen and oxygen atoms in total. The fourth-order valence-corrected chi connectivity index (χ4v) is 3.94. The van der Waals surface area contributed by atoms with Crippen LogP contribution in [0.3, 0.4) is 0 Å². The average Bonchev–Trinajstić information content (AvgIpc) is 2.71. The smallest absolute Gasteiger partial charge is 0.235 e.